The molecule has 0 unspecified atom stereocenters. The largest absolute Gasteiger partial charge is 0.279 e. The van der Waals surface area contributed by atoms with E-state index in [0.29, 0.717) is 17.2 Å². The number of hydrogen-bond acceptors (Lipinski definition) is 6. The first-order valence-corrected chi connectivity index (χ1v) is 12.3. The Bertz CT molecular complexity index is 1340. The number of fused-ring (bicyclic) bond motifs is 2. The van der Waals surface area contributed by atoms with Crippen molar-refractivity contribution in [2.24, 2.45) is 0 Å². The van der Waals surface area contributed by atoms with Gasteiger partial charge in [-0.05, 0) is 42.2 Å². The molecule has 0 aliphatic rings. The van der Waals surface area contributed by atoms with Gasteiger partial charge in [-0.25, -0.2) is 9.97 Å². The first kappa shape index (κ1) is 19.2. The summed E-state index contributed by atoms with van der Waals surface area (Å²) in [7, 11) is 0. The number of hydrogen-bond donors (Lipinski definition) is 0. The lowest BCUT2D eigenvalue weighted by Gasteiger charge is -2.20. The molecule has 1 amide bonds. The van der Waals surface area contributed by atoms with Crippen LogP contribution in [-0.2, 0) is 6.54 Å². The fourth-order valence-electron chi connectivity index (χ4n) is 3.33. The van der Waals surface area contributed by atoms with Gasteiger partial charge in [-0.1, -0.05) is 47.7 Å². The molecular formula is C23H17N3OS3. The lowest BCUT2D eigenvalue weighted by atomic mass is 10.1. The molecule has 0 saturated heterocycles. The van der Waals surface area contributed by atoms with Crippen molar-refractivity contribution in [3.05, 3.63) is 83.4 Å². The number of aromatic nitrogens is 2. The summed E-state index contributed by atoms with van der Waals surface area (Å²) in [6, 6.07) is 21.9. The maximum Gasteiger partial charge on any atom is 0.260 e. The van der Waals surface area contributed by atoms with Crippen molar-refractivity contribution in [2.75, 3.05) is 11.2 Å². The summed E-state index contributed by atoms with van der Waals surface area (Å²) in [5, 5.41) is 0.713. The number of carbonyl (C=O) groups is 1. The minimum atomic E-state index is -0.0566. The lowest BCUT2D eigenvalue weighted by Crippen LogP contribution is -2.30. The van der Waals surface area contributed by atoms with Gasteiger partial charge >= 0.3 is 0 Å². The summed E-state index contributed by atoms with van der Waals surface area (Å²) in [5.74, 6) is -0.0566. The van der Waals surface area contributed by atoms with Crippen molar-refractivity contribution in [3.63, 3.8) is 0 Å². The quantitative estimate of drug-likeness (QED) is 0.290. The number of benzene rings is 3. The second kappa shape index (κ2) is 8.18. The number of amides is 1. The Hall–Kier alpha value is -2.74. The second-order valence-electron chi connectivity index (χ2n) is 6.72. The average Bonchev–Trinajstić information content (AvgIpc) is 3.43. The normalized spacial score (nSPS) is 11.2. The van der Waals surface area contributed by atoms with E-state index >= 15 is 0 Å². The van der Waals surface area contributed by atoms with Gasteiger partial charge in [0.05, 0.1) is 32.5 Å². The molecule has 5 aromatic rings. The molecule has 4 nitrogen and oxygen atoms in total. The molecule has 2 aromatic heterocycles. The van der Waals surface area contributed by atoms with Crippen molar-refractivity contribution >= 4 is 65.9 Å². The molecule has 2 heterocycles. The van der Waals surface area contributed by atoms with Gasteiger partial charge in [-0.15, -0.1) is 23.1 Å². The maximum atomic E-state index is 13.6. The molecule has 7 heteroatoms. The van der Waals surface area contributed by atoms with Gasteiger partial charge in [-0.3, -0.25) is 9.69 Å². The van der Waals surface area contributed by atoms with E-state index in [9.17, 15) is 4.79 Å². The van der Waals surface area contributed by atoms with Crippen LogP contribution in [0.5, 0.6) is 0 Å². The highest BCUT2D eigenvalue weighted by molar-refractivity contribution is 7.98. The number of para-hydroxylation sites is 1. The van der Waals surface area contributed by atoms with Gasteiger partial charge in [0.15, 0.2) is 5.13 Å². The Balaban J connectivity index is 1.60. The number of thiazole rings is 2. The highest BCUT2D eigenvalue weighted by atomic mass is 32.2. The highest BCUT2D eigenvalue weighted by Gasteiger charge is 2.23. The molecule has 0 saturated carbocycles. The summed E-state index contributed by atoms with van der Waals surface area (Å²) in [6.07, 6.45) is 2.05. The minimum Gasteiger partial charge on any atom is -0.279 e. The van der Waals surface area contributed by atoms with Crippen molar-refractivity contribution in [2.45, 2.75) is 11.4 Å². The summed E-state index contributed by atoms with van der Waals surface area (Å²) in [6.45, 7) is 0.467. The average molecular weight is 448 g/mol. The smallest absolute Gasteiger partial charge is 0.260 e. The third-order valence-corrected chi connectivity index (χ3v) is 7.43. The predicted molar refractivity (Wildman–Crippen MR) is 128 cm³/mol. The Kier molecular flexibility index (Phi) is 5.25. The van der Waals surface area contributed by atoms with E-state index in [-0.39, 0.29) is 5.91 Å². The minimum absolute atomic E-state index is 0.0566. The van der Waals surface area contributed by atoms with E-state index in [4.69, 9.17) is 4.98 Å². The fraction of sp³-hybridized carbons (Fsp3) is 0.0870. The van der Waals surface area contributed by atoms with E-state index in [2.05, 4.69) is 17.1 Å². The molecule has 0 N–H and O–H groups in total. The molecule has 148 valence electrons. The molecule has 0 spiro atoms. The second-order valence-corrected chi connectivity index (χ2v) is 9.46. The van der Waals surface area contributed by atoms with Crippen LogP contribution in [0.2, 0.25) is 0 Å². The number of anilines is 1. The Morgan fingerprint density at radius 2 is 1.90 bits per heavy atom. The van der Waals surface area contributed by atoms with Crippen molar-refractivity contribution < 1.29 is 4.79 Å². The van der Waals surface area contributed by atoms with Gasteiger partial charge in [0.1, 0.15) is 0 Å². The summed E-state index contributed by atoms with van der Waals surface area (Å²) >= 11 is 4.76. The van der Waals surface area contributed by atoms with Crippen molar-refractivity contribution in [1.29, 1.82) is 0 Å². The van der Waals surface area contributed by atoms with Crippen molar-refractivity contribution in [1.82, 2.24) is 9.97 Å². The zero-order chi connectivity index (χ0) is 20.5. The molecule has 0 atom stereocenters. The molecule has 0 aliphatic heterocycles. The van der Waals surface area contributed by atoms with Crippen LogP contribution >= 0.6 is 34.4 Å². The summed E-state index contributed by atoms with van der Waals surface area (Å²) in [5.41, 5.74) is 5.38. The van der Waals surface area contributed by atoms with Crippen LogP contribution in [0.25, 0.3) is 20.4 Å². The first-order chi connectivity index (χ1) is 14.7. The van der Waals surface area contributed by atoms with Crippen LogP contribution in [0.15, 0.2) is 77.1 Å². The predicted octanol–water partition coefficient (Wildman–Crippen LogP) is 6.47. The van der Waals surface area contributed by atoms with E-state index in [1.54, 1.807) is 44.8 Å². The standard InChI is InChI=1S/C23H17N3OS3/c1-28-18-8-5-9-19-21(18)25-23(30-19)26(13-15-6-3-2-4-7-15)22(27)16-10-11-17-20(12-16)29-14-24-17/h2-12,14H,13H2,1H3. The van der Waals surface area contributed by atoms with E-state index in [1.165, 1.54) is 0 Å². The van der Waals surface area contributed by atoms with Crippen LogP contribution < -0.4 is 4.90 Å². The maximum absolute atomic E-state index is 13.6. The van der Waals surface area contributed by atoms with E-state index in [1.807, 2.05) is 60.9 Å². The molecule has 0 fully saturated rings. The fourth-order valence-corrected chi connectivity index (χ4v) is 5.66. The molecule has 0 radical (unpaired) electrons. The Morgan fingerprint density at radius 3 is 2.73 bits per heavy atom. The van der Waals surface area contributed by atoms with Crippen LogP contribution in [-0.4, -0.2) is 22.1 Å². The molecule has 30 heavy (non-hydrogen) atoms. The van der Waals surface area contributed by atoms with Gasteiger partial charge in [0.25, 0.3) is 5.91 Å². The van der Waals surface area contributed by atoms with Gasteiger partial charge < -0.3 is 0 Å². The summed E-state index contributed by atoms with van der Waals surface area (Å²) < 4.78 is 2.09. The van der Waals surface area contributed by atoms with Gasteiger partial charge in [-0.2, -0.15) is 0 Å². The zero-order valence-electron chi connectivity index (χ0n) is 16.1. The number of thioether (sulfide) groups is 1. The molecule has 0 aliphatic carbocycles. The van der Waals surface area contributed by atoms with Crippen LogP contribution in [0.3, 0.4) is 0 Å². The molecular weight excluding hydrogens is 430 g/mol. The number of rotatable bonds is 5. The van der Waals surface area contributed by atoms with Crippen LogP contribution in [0.4, 0.5) is 5.13 Å². The Morgan fingerprint density at radius 1 is 1.03 bits per heavy atom. The molecule has 0 bridgehead atoms. The van der Waals surface area contributed by atoms with Crippen LogP contribution in [0, 0.1) is 0 Å². The van der Waals surface area contributed by atoms with Gasteiger partial charge in [0.2, 0.25) is 0 Å². The zero-order valence-corrected chi connectivity index (χ0v) is 18.6. The number of carbonyl (C=O) groups excluding carboxylic acids is 1. The Labute approximate surface area is 186 Å². The first-order valence-electron chi connectivity index (χ1n) is 9.35. The monoisotopic (exact) mass is 447 g/mol. The highest BCUT2D eigenvalue weighted by Crippen LogP contribution is 2.35. The topological polar surface area (TPSA) is 46.1 Å². The van der Waals surface area contributed by atoms with Crippen LogP contribution in [0.1, 0.15) is 15.9 Å². The molecule has 5 rings (SSSR count). The van der Waals surface area contributed by atoms with E-state index < -0.39 is 0 Å². The lowest BCUT2D eigenvalue weighted by molar-refractivity contribution is 0.0985. The third-order valence-electron chi connectivity index (χ3n) is 4.83. The third kappa shape index (κ3) is 3.60. The SMILES string of the molecule is CSc1cccc2sc(N(Cc3ccccc3)C(=O)c3ccc4ncsc4c3)nc12. The van der Waals surface area contributed by atoms with E-state index in [0.717, 1.165) is 30.9 Å². The summed E-state index contributed by atoms with van der Waals surface area (Å²) in [4.78, 5) is 25.7. The molecule has 3 aromatic carbocycles. The van der Waals surface area contributed by atoms with Gasteiger partial charge in [0, 0.05) is 10.5 Å². The van der Waals surface area contributed by atoms with Crippen molar-refractivity contribution in [3.8, 4) is 0 Å². The number of nitrogens with zero attached hydrogens (tertiary/aromatic N) is 3.